The van der Waals surface area contributed by atoms with Crippen molar-refractivity contribution in [2.24, 2.45) is 7.05 Å². The van der Waals surface area contributed by atoms with Crippen molar-refractivity contribution in [3.63, 3.8) is 0 Å². The first-order valence-electron chi connectivity index (χ1n) is 8.34. The van der Waals surface area contributed by atoms with Gasteiger partial charge in [0.25, 0.3) is 11.7 Å². The van der Waals surface area contributed by atoms with Gasteiger partial charge in [-0.15, -0.1) is 0 Å². The van der Waals surface area contributed by atoms with E-state index in [-0.39, 0.29) is 23.8 Å². The van der Waals surface area contributed by atoms with Crippen molar-refractivity contribution in [3.8, 4) is 0 Å². The van der Waals surface area contributed by atoms with Gasteiger partial charge in [-0.1, -0.05) is 18.2 Å². The van der Waals surface area contributed by atoms with Gasteiger partial charge in [0.2, 0.25) is 0 Å². The molecule has 23 heavy (non-hydrogen) atoms. The molecule has 2 aromatic rings. The quantitative estimate of drug-likeness (QED) is 0.629. The van der Waals surface area contributed by atoms with Crippen LogP contribution in [-0.2, 0) is 11.8 Å². The topological polar surface area (TPSA) is 42.3 Å². The highest BCUT2D eigenvalue weighted by molar-refractivity contribution is 6.45. The maximum absolute atomic E-state index is 13.0. The molecule has 0 radical (unpaired) electrons. The van der Waals surface area contributed by atoms with Crippen LogP contribution in [0.1, 0.15) is 49.2 Å². The highest BCUT2D eigenvalue weighted by Crippen LogP contribution is 2.28. The number of Topliss-reactive ketones (excluding diaryl/α,β-unsaturated/α-hetero) is 1. The number of likely N-dealkylation sites (tertiary alicyclic amines) is 1. The molecule has 1 aromatic heterocycles. The van der Waals surface area contributed by atoms with Gasteiger partial charge in [-0.3, -0.25) is 9.59 Å². The summed E-state index contributed by atoms with van der Waals surface area (Å²) >= 11 is 0. The highest BCUT2D eigenvalue weighted by Gasteiger charge is 2.35. The summed E-state index contributed by atoms with van der Waals surface area (Å²) in [5.41, 5.74) is 2.39. The fraction of sp³-hybridized carbons (Fsp3) is 0.474. The van der Waals surface area contributed by atoms with Crippen LogP contribution in [0, 0.1) is 6.92 Å². The Morgan fingerprint density at radius 2 is 1.70 bits per heavy atom. The van der Waals surface area contributed by atoms with Crippen LogP contribution in [0.25, 0.3) is 10.9 Å². The molecule has 0 N–H and O–H groups in total. The van der Waals surface area contributed by atoms with Crippen LogP contribution in [0.15, 0.2) is 24.3 Å². The summed E-state index contributed by atoms with van der Waals surface area (Å²) in [4.78, 5) is 27.7. The van der Waals surface area contributed by atoms with Gasteiger partial charge in [-0.05, 0) is 46.1 Å². The first-order chi connectivity index (χ1) is 10.9. The van der Waals surface area contributed by atoms with Crippen molar-refractivity contribution in [2.75, 3.05) is 0 Å². The molecule has 0 bridgehead atoms. The molecule has 122 valence electrons. The molecule has 2 atom stereocenters. The average Bonchev–Trinajstić information content (AvgIpc) is 2.78. The monoisotopic (exact) mass is 312 g/mol. The van der Waals surface area contributed by atoms with Crippen molar-refractivity contribution in [1.82, 2.24) is 9.47 Å². The zero-order valence-electron chi connectivity index (χ0n) is 14.3. The van der Waals surface area contributed by atoms with Crippen LogP contribution in [0.3, 0.4) is 0 Å². The van der Waals surface area contributed by atoms with Gasteiger partial charge in [0.15, 0.2) is 0 Å². The molecule has 0 aliphatic carbocycles. The Morgan fingerprint density at radius 3 is 2.35 bits per heavy atom. The highest BCUT2D eigenvalue weighted by atomic mass is 16.2. The summed E-state index contributed by atoms with van der Waals surface area (Å²) in [7, 11) is 1.94. The number of piperidine rings is 1. The Hall–Kier alpha value is -2.10. The van der Waals surface area contributed by atoms with Gasteiger partial charge in [0, 0.05) is 35.7 Å². The van der Waals surface area contributed by atoms with Gasteiger partial charge in [-0.2, -0.15) is 0 Å². The normalized spacial score (nSPS) is 21.7. The Kier molecular flexibility index (Phi) is 4.00. The summed E-state index contributed by atoms with van der Waals surface area (Å²) in [6.45, 7) is 5.98. The summed E-state index contributed by atoms with van der Waals surface area (Å²) in [6, 6.07) is 8.03. The number of aryl methyl sites for hydroxylation is 1. The van der Waals surface area contributed by atoms with Gasteiger partial charge in [0.05, 0.1) is 5.56 Å². The number of carbonyl (C=O) groups excluding carboxylic acids is 2. The van der Waals surface area contributed by atoms with E-state index in [1.165, 1.54) is 0 Å². The van der Waals surface area contributed by atoms with Crippen LogP contribution in [0.4, 0.5) is 0 Å². The van der Waals surface area contributed by atoms with E-state index in [9.17, 15) is 9.59 Å². The number of benzene rings is 1. The van der Waals surface area contributed by atoms with Gasteiger partial charge >= 0.3 is 0 Å². The van der Waals surface area contributed by atoms with E-state index < -0.39 is 0 Å². The molecule has 0 unspecified atom stereocenters. The molecule has 0 spiro atoms. The number of nitrogens with zero attached hydrogens (tertiary/aromatic N) is 2. The van der Waals surface area contributed by atoms with Crippen molar-refractivity contribution in [2.45, 2.75) is 52.1 Å². The van der Waals surface area contributed by atoms with E-state index in [1.54, 1.807) is 4.90 Å². The second-order valence-corrected chi connectivity index (χ2v) is 6.71. The second-order valence-electron chi connectivity index (χ2n) is 6.71. The number of hydrogen-bond acceptors (Lipinski definition) is 2. The molecule has 1 amide bonds. The Labute approximate surface area is 137 Å². The first-order valence-corrected chi connectivity index (χ1v) is 8.34. The predicted molar refractivity (Wildman–Crippen MR) is 91.6 cm³/mol. The van der Waals surface area contributed by atoms with Gasteiger partial charge < -0.3 is 9.47 Å². The number of fused-ring (bicyclic) bond motifs is 1. The number of carbonyl (C=O) groups is 2. The number of para-hydroxylation sites is 1. The van der Waals surface area contributed by atoms with Crippen molar-refractivity contribution < 1.29 is 9.59 Å². The van der Waals surface area contributed by atoms with E-state index in [4.69, 9.17) is 0 Å². The minimum atomic E-state index is -0.375. The molecule has 1 aliphatic rings. The zero-order chi connectivity index (χ0) is 16.7. The van der Waals surface area contributed by atoms with Crippen molar-refractivity contribution in [3.05, 3.63) is 35.5 Å². The Balaban J connectivity index is 2.04. The Morgan fingerprint density at radius 1 is 1.09 bits per heavy atom. The summed E-state index contributed by atoms with van der Waals surface area (Å²) in [5.74, 6) is -0.732. The molecule has 4 nitrogen and oxygen atoms in total. The average molecular weight is 312 g/mol. The molecular formula is C19H24N2O2. The number of aromatic nitrogens is 1. The second kappa shape index (κ2) is 5.84. The lowest BCUT2D eigenvalue weighted by molar-refractivity contribution is -0.132. The number of rotatable bonds is 2. The largest absolute Gasteiger partial charge is 0.347 e. The first kappa shape index (κ1) is 15.8. The third-order valence-electron chi connectivity index (χ3n) is 5.25. The standard InChI is InChI=1S/C19H24N2O2/c1-12-8-7-9-13(2)21(12)19(23)18(22)17-14(3)20(4)16-11-6-5-10-15(16)17/h5-6,10-13H,7-9H2,1-4H3/t12-,13-/m1/s1. The van der Waals surface area contributed by atoms with Crippen LogP contribution in [0.5, 0.6) is 0 Å². The SMILES string of the molecule is Cc1c(C(=O)C(=O)N2[C@H](C)CCC[C@H]2C)c2ccccc2n1C. The molecule has 1 fully saturated rings. The lowest BCUT2D eigenvalue weighted by Crippen LogP contribution is -2.50. The van der Waals surface area contributed by atoms with Crippen molar-refractivity contribution >= 4 is 22.6 Å². The van der Waals surface area contributed by atoms with Crippen LogP contribution in [-0.4, -0.2) is 33.2 Å². The lowest BCUT2D eigenvalue weighted by Gasteiger charge is -2.38. The minimum absolute atomic E-state index is 0.130. The predicted octanol–water partition coefficient (Wildman–Crippen LogP) is 3.46. The number of hydrogen-bond donors (Lipinski definition) is 0. The van der Waals surface area contributed by atoms with E-state index in [0.717, 1.165) is 35.9 Å². The molecule has 0 saturated carbocycles. The minimum Gasteiger partial charge on any atom is -0.347 e. The van der Waals surface area contributed by atoms with Crippen LogP contribution >= 0.6 is 0 Å². The lowest BCUT2D eigenvalue weighted by atomic mass is 9.95. The zero-order valence-corrected chi connectivity index (χ0v) is 14.3. The van der Waals surface area contributed by atoms with Gasteiger partial charge in [-0.25, -0.2) is 0 Å². The molecule has 2 heterocycles. The van der Waals surface area contributed by atoms with E-state index >= 15 is 0 Å². The van der Waals surface area contributed by atoms with E-state index in [1.807, 2.05) is 56.7 Å². The summed E-state index contributed by atoms with van der Waals surface area (Å²) in [5, 5.41) is 0.864. The fourth-order valence-corrected chi connectivity index (χ4v) is 3.85. The Bertz CT molecular complexity index is 765. The molecular weight excluding hydrogens is 288 g/mol. The molecule has 1 aromatic carbocycles. The maximum Gasteiger partial charge on any atom is 0.295 e. The molecule has 1 aliphatic heterocycles. The fourth-order valence-electron chi connectivity index (χ4n) is 3.85. The summed E-state index contributed by atoms with van der Waals surface area (Å²) in [6.07, 6.45) is 3.06. The molecule has 1 saturated heterocycles. The van der Waals surface area contributed by atoms with Crippen LogP contribution in [0.2, 0.25) is 0 Å². The smallest absolute Gasteiger partial charge is 0.295 e. The van der Waals surface area contributed by atoms with E-state index in [0.29, 0.717) is 5.56 Å². The van der Waals surface area contributed by atoms with Gasteiger partial charge in [0.1, 0.15) is 0 Å². The summed E-state index contributed by atoms with van der Waals surface area (Å²) < 4.78 is 1.99. The van der Waals surface area contributed by atoms with E-state index in [2.05, 4.69) is 0 Å². The molecule has 3 rings (SSSR count). The third-order valence-corrected chi connectivity index (χ3v) is 5.25. The molecule has 4 heteroatoms. The van der Waals surface area contributed by atoms with Crippen molar-refractivity contribution in [1.29, 1.82) is 0 Å². The number of amides is 1. The van der Waals surface area contributed by atoms with Crippen LogP contribution < -0.4 is 0 Å². The number of ketones is 1. The third kappa shape index (κ3) is 2.46. The maximum atomic E-state index is 13.0.